The Kier molecular flexibility index (Phi) is 5.03. The summed E-state index contributed by atoms with van der Waals surface area (Å²) >= 11 is 1.39. The molecule has 34 heavy (non-hydrogen) atoms. The molecule has 4 aromatic rings. The van der Waals surface area contributed by atoms with Gasteiger partial charge >= 0.3 is 0 Å². The van der Waals surface area contributed by atoms with Crippen LogP contribution in [0.1, 0.15) is 34.7 Å². The smallest absolute Gasteiger partial charge is 0.271 e. The zero-order valence-electron chi connectivity index (χ0n) is 18.5. The summed E-state index contributed by atoms with van der Waals surface area (Å²) in [6.07, 6.45) is 3.58. The first-order valence-corrected chi connectivity index (χ1v) is 12.0. The zero-order valence-corrected chi connectivity index (χ0v) is 19.3. The van der Waals surface area contributed by atoms with E-state index in [1.165, 1.54) is 29.0 Å². The molecule has 1 aliphatic carbocycles. The van der Waals surface area contributed by atoms with Crippen LogP contribution in [0.2, 0.25) is 0 Å². The summed E-state index contributed by atoms with van der Waals surface area (Å²) in [5.74, 6) is 0.472. The number of hydrogen-bond acceptors (Lipinski definition) is 4. The maximum atomic E-state index is 13.7. The van der Waals surface area contributed by atoms with Crippen molar-refractivity contribution in [3.63, 3.8) is 0 Å². The van der Waals surface area contributed by atoms with Gasteiger partial charge in [0.05, 0.1) is 23.4 Å². The number of methoxy groups -OCH3 is 1. The lowest BCUT2D eigenvalue weighted by Gasteiger charge is -2.30. The van der Waals surface area contributed by atoms with Crippen molar-refractivity contribution in [2.24, 2.45) is 4.99 Å². The first-order chi connectivity index (χ1) is 16.6. The lowest BCUT2D eigenvalue weighted by atomic mass is 9.83. The number of nitrogens with zero attached hydrogens (tertiary/aromatic N) is 2. The lowest BCUT2D eigenvalue weighted by molar-refractivity contribution is 0.415. The van der Waals surface area contributed by atoms with Gasteiger partial charge in [-0.25, -0.2) is 9.38 Å². The maximum Gasteiger partial charge on any atom is 0.271 e. The number of aryl methyl sites for hydroxylation is 1. The molecular formula is C28H21FN2O2S. The van der Waals surface area contributed by atoms with Crippen LogP contribution >= 0.6 is 11.3 Å². The molecule has 3 aromatic carbocycles. The monoisotopic (exact) mass is 468 g/mol. The normalized spacial score (nSPS) is 17.0. The molecule has 6 rings (SSSR count). The van der Waals surface area contributed by atoms with Gasteiger partial charge in [0.1, 0.15) is 11.6 Å². The van der Waals surface area contributed by atoms with Crippen LogP contribution < -0.4 is 19.6 Å². The highest BCUT2D eigenvalue weighted by atomic mass is 32.1. The molecule has 0 amide bonds. The second-order valence-corrected chi connectivity index (χ2v) is 9.45. The molecule has 0 radical (unpaired) electrons. The van der Waals surface area contributed by atoms with E-state index in [-0.39, 0.29) is 17.4 Å². The van der Waals surface area contributed by atoms with Gasteiger partial charge in [0.2, 0.25) is 0 Å². The van der Waals surface area contributed by atoms with E-state index >= 15 is 0 Å². The Balaban J connectivity index is 1.59. The summed E-state index contributed by atoms with van der Waals surface area (Å²) in [6.45, 7) is 0. The van der Waals surface area contributed by atoms with Gasteiger partial charge in [-0.3, -0.25) is 9.36 Å². The number of aromatic nitrogens is 1. The third kappa shape index (κ3) is 3.42. The third-order valence-corrected chi connectivity index (χ3v) is 7.46. The van der Waals surface area contributed by atoms with E-state index in [4.69, 9.17) is 9.73 Å². The molecule has 1 atom stereocenters. The molecule has 0 fully saturated rings. The number of hydrogen-bond donors (Lipinski definition) is 0. The van der Waals surface area contributed by atoms with Gasteiger partial charge in [0, 0.05) is 5.56 Å². The van der Waals surface area contributed by atoms with Crippen LogP contribution in [-0.4, -0.2) is 11.7 Å². The molecule has 1 aliphatic heterocycles. The molecule has 168 valence electrons. The van der Waals surface area contributed by atoms with E-state index in [2.05, 4.69) is 12.1 Å². The van der Waals surface area contributed by atoms with Gasteiger partial charge in [-0.15, -0.1) is 0 Å². The molecule has 0 saturated heterocycles. The molecule has 0 spiro atoms. The van der Waals surface area contributed by atoms with Crippen LogP contribution in [0.3, 0.4) is 0 Å². The van der Waals surface area contributed by atoms with E-state index in [9.17, 15) is 9.18 Å². The van der Waals surface area contributed by atoms with Gasteiger partial charge in [0.25, 0.3) is 5.56 Å². The van der Waals surface area contributed by atoms with Crippen molar-refractivity contribution < 1.29 is 9.13 Å². The van der Waals surface area contributed by atoms with E-state index in [1.54, 1.807) is 23.8 Å². The van der Waals surface area contributed by atoms with Gasteiger partial charge in [0.15, 0.2) is 4.80 Å². The highest BCUT2D eigenvalue weighted by molar-refractivity contribution is 7.07. The summed E-state index contributed by atoms with van der Waals surface area (Å²) in [5.41, 5.74) is 6.14. The van der Waals surface area contributed by atoms with Gasteiger partial charge in [-0.1, -0.05) is 59.9 Å². The minimum atomic E-state index is -0.307. The summed E-state index contributed by atoms with van der Waals surface area (Å²) in [5, 5.41) is 0. The molecule has 2 heterocycles. The van der Waals surface area contributed by atoms with E-state index in [1.807, 2.05) is 42.5 Å². The predicted molar refractivity (Wildman–Crippen MR) is 132 cm³/mol. The summed E-state index contributed by atoms with van der Waals surface area (Å²) in [7, 11) is 1.63. The Morgan fingerprint density at radius 2 is 1.79 bits per heavy atom. The molecule has 4 nitrogen and oxygen atoms in total. The van der Waals surface area contributed by atoms with Crippen LogP contribution in [0.15, 0.2) is 88.2 Å². The van der Waals surface area contributed by atoms with Crippen molar-refractivity contribution in [1.82, 2.24) is 4.57 Å². The minimum absolute atomic E-state index is 0.0840. The summed E-state index contributed by atoms with van der Waals surface area (Å²) in [6, 6.07) is 22.1. The lowest BCUT2D eigenvalue weighted by Crippen LogP contribution is -2.38. The van der Waals surface area contributed by atoms with Crippen molar-refractivity contribution in [2.75, 3.05) is 7.11 Å². The van der Waals surface area contributed by atoms with E-state index < -0.39 is 0 Å². The first-order valence-electron chi connectivity index (χ1n) is 11.1. The van der Waals surface area contributed by atoms with Crippen LogP contribution in [0.4, 0.5) is 4.39 Å². The van der Waals surface area contributed by atoms with Crippen molar-refractivity contribution in [3.05, 3.63) is 126 Å². The number of benzene rings is 3. The number of ether oxygens (including phenoxy) is 1. The second kappa shape index (κ2) is 8.22. The van der Waals surface area contributed by atoms with Crippen molar-refractivity contribution in [1.29, 1.82) is 0 Å². The Hall–Kier alpha value is -3.77. The molecule has 2 aliphatic rings. The highest BCUT2D eigenvalue weighted by Gasteiger charge is 2.32. The molecule has 0 saturated carbocycles. The largest absolute Gasteiger partial charge is 0.497 e. The zero-order chi connectivity index (χ0) is 23.2. The van der Waals surface area contributed by atoms with Gasteiger partial charge in [-0.05, 0) is 65.4 Å². The van der Waals surface area contributed by atoms with Crippen molar-refractivity contribution in [3.8, 4) is 5.75 Å². The minimum Gasteiger partial charge on any atom is -0.497 e. The average molecular weight is 469 g/mol. The Morgan fingerprint density at radius 3 is 2.56 bits per heavy atom. The van der Waals surface area contributed by atoms with Crippen LogP contribution in [-0.2, 0) is 6.42 Å². The van der Waals surface area contributed by atoms with E-state index in [0.29, 0.717) is 9.33 Å². The van der Waals surface area contributed by atoms with E-state index in [0.717, 1.165) is 46.6 Å². The highest BCUT2D eigenvalue weighted by Crippen LogP contribution is 2.41. The van der Waals surface area contributed by atoms with Crippen LogP contribution in [0, 0.1) is 5.82 Å². The Morgan fingerprint density at radius 1 is 1.03 bits per heavy atom. The molecule has 0 N–H and O–H groups in total. The predicted octanol–water partition coefficient (Wildman–Crippen LogP) is 4.47. The topological polar surface area (TPSA) is 43.6 Å². The second-order valence-electron chi connectivity index (χ2n) is 8.44. The maximum absolute atomic E-state index is 13.7. The fraction of sp³-hybridized carbons (Fsp3) is 0.143. The van der Waals surface area contributed by atoms with Crippen LogP contribution in [0.25, 0.3) is 11.8 Å². The van der Waals surface area contributed by atoms with Crippen molar-refractivity contribution in [2.45, 2.75) is 18.9 Å². The fourth-order valence-electron chi connectivity index (χ4n) is 4.82. The number of rotatable bonds is 3. The number of allylic oxidation sites excluding steroid dienone is 1. The first kappa shape index (κ1) is 20.8. The summed E-state index contributed by atoms with van der Waals surface area (Å²) in [4.78, 5) is 19.3. The van der Waals surface area contributed by atoms with Gasteiger partial charge < -0.3 is 4.74 Å². The molecule has 0 unspecified atom stereocenters. The quantitative estimate of drug-likeness (QED) is 0.446. The standard InChI is InChI=1S/C28H21FN2O2S/c1-33-21-13-6-17(7-14-21)16-24-27(32)31-26(19-8-11-20(29)12-9-19)23-15-10-18-4-2-3-5-22(18)25(23)30-28(31)34-24/h2-9,11-14,16,26H,10,15H2,1H3/b24-16+/t26-/m0/s1. The third-order valence-electron chi connectivity index (χ3n) is 6.47. The Bertz CT molecular complexity index is 1610. The number of halogens is 1. The average Bonchev–Trinajstić information content (AvgIpc) is 3.18. The molecule has 0 bridgehead atoms. The van der Waals surface area contributed by atoms with Crippen LogP contribution in [0.5, 0.6) is 5.75 Å². The number of thiazole rings is 1. The number of fused-ring (bicyclic) bond motifs is 3. The summed E-state index contributed by atoms with van der Waals surface area (Å²) < 4.78 is 21.4. The Labute approximate surface area is 199 Å². The molecule has 6 heteroatoms. The molecule has 1 aromatic heterocycles. The SMILES string of the molecule is COc1ccc(/C=c2/sc3n(c2=O)[C@@H](c2ccc(F)cc2)C2=C(N=3)c3ccccc3CC2)cc1. The molecular weight excluding hydrogens is 447 g/mol. The fourth-order valence-corrected chi connectivity index (χ4v) is 5.82. The van der Waals surface area contributed by atoms with Crippen molar-refractivity contribution >= 4 is 23.1 Å². The van der Waals surface area contributed by atoms with Gasteiger partial charge in [-0.2, -0.15) is 0 Å².